The van der Waals surface area contributed by atoms with Crippen LogP contribution >= 0.6 is 0 Å². The number of benzene rings is 1. The van der Waals surface area contributed by atoms with E-state index in [0.29, 0.717) is 13.2 Å². The van der Waals surface area contributed by atoms with Crippen molar-refractivity contribution in [3.63, 3.8) is 0 Å². The number of rotatable bonds is 5. The first kappa shape index (κ1) is 13.0. The van der Waals surface area contributed by atoms with Crippen LogP contribution in [0.2, 0.25) is 0 Å². The van der Waals surface area contributed by atoms with Gasteiger partial charge in [-0.3, -0.25) is 4.79 Å². The van der Waals surface area contributed by atoms with Crippen LogP contribution in [0, 0.1) is 0 Å². The Kier molecular flexibility index (Phi) is 4.69. The average Bonchev–Trinajstić information content (AvgIpc) is 2.40. The molecule has 5 heteroatoms. The number of carbonyl (C=O) groups is 1. The Labute approximate surface area is 105 Å². The lowest BCUT2D eigenvalue weighted by Gasteiger charge is -2.29. The molecular formula is C13H16O5. The first-order valence-corrected chi connectivity index (χ1v) is 5.87. The molecule has 1 aliphatic rings. The van der Waals surface area contributed by atoms with Crippen LogP contribution in [0.15, 0.2) is 30.3 Å². The second-order valence-corrected chi connectivity index (χ2v) is 4.05. The van der Waals surface area contributed by atoms with Crippen LogP contribution in [0.1, 0.15) is 18.3 Å². The zero-order chi connectivity index (χ0) is 12.8. The van der Waals surface area contributed by atoms with Crippen molar-refractivity contribution in [1.82, 2.24) is 0 Å². The summed E-state index contributed by atoms with van der Waals surface area (Å²) >= 11 is 0. The van der Waals surface area contributed by atoms with Crippen LogP contribution in [0.4, 0.5) is 0 Å². The normalized spacial score (nSPS) is 23.8. The highest BCUT2D eigenvalue weighted by atomic mass is 16.7. The maximum Gasteiger partial charge on any atom is 0.305 e. The maximum atomic E-state index is 10.3. The lowest BCUT2D eigenvalue weighted by Crippen LogP contribution is -2.34. The standard InChI is InChI=1S/C13H16O5/c14-12(15)6-7-16-11-8-17-13(18-9-11)10-4-2-1-3-5-10/h1-5,11,13H,6-9H2,(H,14,15). The highest BCUT2D eigenvalue weighted by Crippen LogP contribution is 2.23. The first-order valence-electron chi connectivity index (χ1n) is 5.87. The molecule has 1 aliphatic heterocycles. The van der Waals surface area contributed by atoms with Gasteiger partial charge in [0.15, 0.2) is 6.29 Å². The first-order chi connectivity index (χ1) is 8.75. The lowest BCUT2D eigenvalue weighted by molar-refractivity contribution is -0.230. The number of ether oxygens (including phenoxy) is 3. The van der Waals surface area contributed by atoms with Crippen molar-refractivity contribution in [2.75, 3.05) is 19.8 Å². The van der Waals surface area contributed by atoms with Crippen molar-refractivity contribution < 1.29 is 24.1 Å². The Bertz CT molecular complexity index is 370. The molecule has 0 spiro atoms. The monoisotopic (exact) mass is 252 g/mol. The molecule has 1 heterocycles. The van der Waals surface area contributed by atoms with E-state index in [2.05, 4.69) is 0 Å². The van der Waals surface area contributed by atoms with Gasteiger partial charge in [0.25, 0.3) is 0 Å². The van der Waals surface area contributed by atoms with E-state index in [1.807, 2.05) is 30.3 Å². The molecule has 5 nitrogen and oxygen atoms in total. The number of hydrogen-bond acceptors (Lipinski definition) is 4. The van der Waals surface area contributed by atoms with Gasteiger partial charge >= 0.3 is 5.97 Å². The molecule has 1 aromatic carbocycles. The van der Waals surface area contributed by atoms with Crippen molar-refractivity contribution in [3.8, 4) is 0 Å². The van der Waals surface area contributed by atoms with Crippen LogP contribution in [-0.2, 0) is 19.0 Å². The molecule has 1 aromatic rings. The lowest BCUT2D eigenvalue weighted by atomic mass is 10.2. The summed E-state index contributed by atoms with van der Waals surface area (Å²) in [5, 5.41) is 8.49. The fourth-order valence-electron chi connectivity index (χ4n) is 1.70. The van der Waals surface area contributed by atoms with E-state index >= 15 is 0 Å². The Hall–Kier alpha value is -1.43. The van der Waals surface area contributed by atoms with Gasteiger partial charge in [-0.2, -0.15) is 0 Å². The minimum Gasteiger partial charge on any atom is -0.481 e. The number of aliphatic carboxylic acids is 1. The summed E-state index contributed by atoms with van der Waals surface area (Å²) in [4.78, 5) is 10.3. The Morgan fingerprint density at radius 1 is 1.28 bits per heavy atom. The summed E-state index contributed by atoms with van der Waals surface area (Å²) in [7, 11) is 0. The topological polar surface area (TPSA) is 65.0 Å². The number of hydrogen-bond donors (Lipinski definition) is 1. The van der Waals surface area contributed by atoms with Crippen molar-refractivity contribution in [3.05, 3.63) is 35.9 Å². The molecule has 18 heavy (non-hydrogen) atoms. The van der Waals surface area contributed by atoms with E-state index in [0.717, 1.165) is 5.56 Å². The van der Waals surface area contributed by atoms with Crippen LogP contribution < -0.4 is 0 Å². The molecule has 1 saturated heterocycles. The third kappa shape index (κ3) is 3.80. The second kappa shape index (κ2) is 6.49. The van der Waals surface area contributed by atoms with Gasteiger partial charge in [-0.05, 0) is 0 Å². The van der Waals surface area contributed by atoms with Crippen LogP contribution in [0.5, 0.6) is 0 Å². The van der Waals surface area contributed by atoms with Gasteiger partial charge in [-0.1, -0.05) is 30.3 Å². The summed E-state index contributed by atoms with van der Waals surface area (Å²) in [6, 6.07) is 9.67. The van der Waals surface area contributed by atoms with Crippen molar-refractivity contribution in [2.45, 2.75) is 18.8 Å². The average molecular weight is 252 g/mol. The molecule has 1 N–H and O–H groups in total. The summed E-state index contributed by atoms with van der Waals surface area (Å²) in [5.74, 6) is -0.866. The predicted octanol–water partition coefficient (Wildman–Crippen LogP) is 1.59. The number of carboxylic acid groups (broad SMARTS) is 1. The fourth-order valence-corrected chi connectivity index (χ4v) is 1.70. The van der Waals surface area contributed by atoms with E-state index in [4.69, 9.17) is 19.3 Å². The molecule has 0 aromatic heterocycles. The van der Waals surface area contributed by atoms with Gasteiger partial charge in [0.2, 0.25) is 0 Å². The number of carboxylic acids is 1. The largest absolute Gasteiger partial charge is 0.481 e. The summed E-state index contributed by atoms with van der Waals surface area (Å²) in [6.45, 7) is 1.01. The quantitative estimate of drug-likeness (QED) is 0.862. The molecule has 98 valence electrons. The fraction of sp³-hybridized carbons (Fsp3) is 0.462. The van der Waals surface area contributed by atoms with Crippen LogP contribution in [0.3, 0.4) is 0 Å². The Morgan fingerprint density at radius 2 is 1.94 bits per heavy atom. The van der Waals surface area contributed by atoms with Crippen molar-refractivity contribution in [1.29, 1.82) is 0 Å². The molecule has 1 fully saturated rings. The van der Waals surface area contributed by atoms with E-state index in [9.17, 15) is 4.79 Å². The van der Waals surface area contributed by atoms with Gasteiger partial charge in [-0.15, -0.1) is 0 Å². The minimum absolute atomic E-state index is 0.00138. The molecule has 0 unspecified atom stereocenters. The van der Waals surface area contributed by atoms with Crippen molar-refractivity contribution >= 4 is 5.97 Å². The third-order valence-corrected chi connectivity index (χ3v) is 2.61. The molecule has 0 saturated carbocycles. The van der Waals surface area contributed by atoms with E-state index in [1.54, 1.807) is 0 Å². The molecule has 0 radical (unpaired) electrons. The highest BCUT2D eigenvalue weighted by Gasteiger charge is 2.23. The summed E-state index contributed by atoms with van der Waals surface area (Å²) < 4.78 is 16.4. The molecule has 0 amide bonds. The molecular weight excluding hydrogens is 236 g/mol. The molecule has 2 rings (SSSR count). The Balaban J connectivity index is 1.73. The van der Waals surface area contributed by atoms with E-state index in [1.165, 1.54) is 0 Å². The van der Waals surface area contributed by atoms with E-state index in [-0.39, 0.29) is 25.4 Å². The third-order valence-electron chi connectivity index (χ3n) is 2.61. The Morgan fingerprint density at radius 3 is 2.56 bits per heavy atom. The second-order valence-electron chi connectivity index (χ2n) is 4.05. The molecule has 0 aliphatic carbocycles. The molecule has 0 atom stereocenters. The van der Waals surface area contributed by atoms with Crippen LogP contribution in [0.25, 0.3) is 0 Å². The maximum absolute atomic E-state index is 10.3. The van der Waals surface area contributed by atoms with Gasteiger partial charge in [-0.25, -0.2) is 0 Å². The summed E-state index contributed by atoms with van der Waals surface area (Å²) in [6.07, 6.45) is -0.548. The van der Waals surface area contributed by atoms with Gasteiger partial charge in [0.05, 0.1) is 26.2 Å². The zero-order valence-electron chi connectivity index (χ0n) is 9.95. The van der Waals surface area contributed by atoms with Gasteiger partial charge in [0, 0.05) is 5.56 Å². The van der Waals surface area contributed by atoms with Gasteiger partial charge < -0.3 is 19.3 Å². The highest BCUT2D eigenvalue weighted by molar-refractivity contribution is 5.66. The van der Waals surface area contributed by atoms with E-state index < -0.39 is 5.97 Å². The van der Waals surface area contributed by atoms with Gasteiger partial charge in [0.1, 0.15) is 6.10 Å². The minimum atomic E-state index is -0.866. The summed E-state index contributed by atoms with van der Waals surface area (Å²) in [5.41, 5.74) is 0.974. The van der Waals surface area contributed by atoms with Crippen LogP contribution in [-0.4, -0.2) is 37.0 Å². The predicted molar refractivity (Wildman–Crippen MR) is 63.1 cm³/mol. The zero-order valence-corrected chi connectivity index (χ0v) is 9.95. The smallest absolute Gasteiger partial charge is 0.305 e. The SMILES string of the molecule is O=C(O)CCOC1COC(c2ccccc2)OC1. The molecule has 0 bridgehead atoms. The van der Waals surface area contributed by atoms with Crippen molar-refractivity contribution in [2.24, 2.45) is 0 Å².